The van der Waals surface area contributed by atoms with Crippen molar-refractivity contribution >= 4 is 0 Å². The second kappa shape index (κ2) is 9.80. The zero-order chi connectivity index (χ0) is 21.7. The normalized spacial score (nSPS) is 11.0. The predicted molar refractivity (Wildman–Crippen MR) is 125 cm³/mol. The summed E-state index contributed by atoms with van der Waals surface area (Å²) in [7, 11) is 1.71. The van der Waals surface area contributed by atoms with Crippen LogP contribution in [0.2, 0.25) is 0 Å². The third-order valence-corrected chi connectivity index (χ3v) is 5.59. The number of nitrogens with zero attached hydrogens (tertiary/aromatic N) is 1. The van der Waals surface area contributed by atoms with Gasteiger partial charge in [-0.15, -0.1) is 0 Å². The minimum absolute atomic E-state index is 0.404. The molecular formula is C27H33NO2. The topological polar surface area (TPSA) is 31.4 Å². The van der Waals surface area contributed by atoms with Gasteiger partial charge in [-0.2, -0.15) is 0 Å². The molecule has 0 bridgehead atoms. The van der Waals surface area contributed by atoms with Gasteiger partial charge in [-0.1, -0.05) is 58.0 Å². The minimum Gasteiger partial charge on any atom is -0.496 e. The monoisotopic (exact) mass is 403 g/mol. The van der Waals surface area contributed by atoms with Crippen LogP contribution in [-0.4, -0.2) is 12.1 Å². The number of ether oxygens (including phenoxy) is 2. The van der Waals surface area contributed by atoms with Crippen molar-refractivity contribution in [3.05, 3.63) is 76.5 Å². The number of pyridine rings is 1. The van der Waals surface area contributed by atoms with E-state index in [-0.39, 0.29) is 0 Å². The van der Waals surface area contributed by atoms with Crippen LogP contribution in [0.4, 0.5) is 0 Å². The van der Waals surface area contributed by atoms with E-state index in [0.29, 0.717) is 12.5 Å². The molecule has 3 aromatic rings. The maximum atomic E-state index is 6.22. The standard InChI is InChI=1S/C27H33NO2/c1-7-20-10-9-11-21(8-2)27(20)24-15-25(29-6)22(16-28-24)17-30-26-14-19(5)12-13-23(26)18(3)4/h9-16,18H,7-8,17H2,1-6H3. The molecule has 2 aromatic carbocycles. The van der Waals surface area contributed by atoms with Gasteiger partial charge in [0.1, 0.15) is 18.1 Å². The Morgan fingerprint density at radius 3 is 2.20 bits per heavy atom. The summed E-state index contributed by atoms with van der Waals surface area (Å²) in [5.41, 5.74) is 8.18. The molecule has 0 aliphatic carbocycles. The van der Waals surface area contributed by atoms with E-state index in [1.54, 1.807) is 7.11 Å². The summed E-state index contributed by atoms with van der Waals surface area (Å²) in [6.45, 7) is 11.3. The molecule has 1 heterocycles. The molecule has 3 heteroatoms. The molecule has 0 N–H and O–H groups in total. The van der Waals surface area contributed by atoms with Crippen LogP contribution in [0.3, 0.4) is 0 Å². The predicted octanol–water partition coefficient (Wildman–Crippen LogP) is 6.89. The van der Waals surface area contributed by atoms with Gasteiger partial charge in [0.2, 0.25) is 0 Å². The molecular weight excluding hydrogens is 370 g/mol. The van der Waals surface area contributed by atoms with Crippen LogP contribution in [0, 0.1) is 6.92 Å². The van der Waals surface area contributed by atoms with Crippen molar-refractivity contribution in [1.29, 1.82) is 0 Å². The van der Waals surface area contributed by atoms with E-state index < -0.39 is 0 Å². The quantitative estimate of drug-likeness (QED) is 0.410. The van der Waals surface area contributed by atoms with Crippen LogP contribution in [-0.2, 0) is 19.4 Å². The van der Waals surface area contributed by atoms with Crippen molar-refractivity contribution in [1.82, 2.24) is 4.98 Å². The summed E-state index contributed by atoms with van der Waals surface area (Å²) in [6.07, 6.45) is 3.84. The van der Waals surface area contributed by atoms with Gasteiger partial charge < -0.3 is 9.47 Å². The SMILES string of the molecule is CCc1cccc(CC)c1-c1cc(OC)c(COc2cc(C)ccc2C(C)C)cn1. The Morgan fingerprint density at radius 1 is 0.900 bits per heavy atom. The van der Waals surface area contributed by atoms with Gasteiger partial charge in [0.25, 0.3) is 0 Å². The molecule has 0 aliphatic rings. The number of benzene rings is 2. The lowest BCUT2D eigenvalue weighted by molar-refractivity contribution is 0.292. The van der Waals surface area contributed by atoms with Crippen molar-refractivity contribution in [3.8, 4) is 22.8 Å². The van der Waals surface area contributed by atoms with Crippen LogP contribution >= 0.6 is 0 Å². The highest BCUT2D eigenvalue weighted by atomic mass is 16.5. The maximum absolute atomic E-state index is 6.22. The van der Waals surface area contributed by atoms with E-state index in [1.807, 2.05) is 12.3 Å². The molecule has 0 aliphatic heterocycles. The van der Waals surface area contributed by atoms with Crippen molar-refractivity contribution in [2.24, 2.45) is 0 Å². The molecule has 0 saturated heterocycles. The number of hydrogen-bond acceptors (Lipinski definition) is 3. The lowest BCUT2D eigenvalue weighted by Gasteiger charge is -2.17. The van der Waals surface area contributed by atoms with Crippen molar-refractivity contribution in [2.45, 2.75) is 60.0 Å². The molecule has 0 radical (unpaired) electrons. The van der Waals surface area contributed by atoms with E-state index in [2.05, 4.69) is 71.0 Å². The second-order valence-electron chi connectivity index (χ2n) is 8.02. The Morgan fingerprint density at radius 2 is 1.60 bits per heavy atom. The molecule has 3 rings (SSSR count). The Labute approximate surface area is 181 Å². The number of rotatable bonds is 8. The lowest BCUT2D eigenvalue weighted by Crippen LogP contribution is -2.04. The van der Waals surface area contributed by atoms with Gasteiger partial charge in [-0.25, -0.2) is 0 Å². The first-order chi connectivity index (χ1) is 14.5. The summed E-state index contributed by atoms with van der Waals surface area (Å²) < 4.78 is 11.9. The number of aromatic nitrogens is 1. The zero-order valence-electron chi connectivity index (χ0n) is 19.1. The first kappa shape index (κ1) is 21.9. The third-order valence-electron chi connectivity index (χ3n) is 5.59. The van der Waals surface area contributed by atoms with Crippen LogP contribution in [0.15, 0.2) is 48.7 Å². The van der Waals surface area contributed by atoms with Crippen LogP contribution in [0.25, 0.3) is 11.3 Å². The number of methoxy groups -OCH3 is 1. The first-order valence-electron chi connectivity index (χ1n) is 10.9. The Balaban J connectivity index is 1.93. The lowest BCUT2D eigenvalue weighted by atomic mass is 9.94. The molecule has 0 atom stereocenters. The fraction of sp³-hybridized carbons (Fsp3) is 0.370. The molecule has 0 saturated carbocycles. The van der Waals surface area contributed by atoms with E-state index in [4.69, 9.17) is 14.5 Å². The van der Waals surface area contributed by atoms with Crippen molar-refractivity contribution in [3.63, 3.8) is 0 Å². The highest BCUT2D eigenvalue weighted by molar-refractivity contribution is 5.69. The molecule has 0 unspecified atom stereocenters. The largest absolute Gasteiger partial charge is 0.496 e. The summed E-state index contributed by atoms with van der Waals surface area (Å²) in [6, 6.07) is 14.9. The summed E-state index contributed by atoms with van der Waals surface area (Å²) in [5.74, 6) is 2.15. The van der Waals surface area contributed by atoms with E-state index in [9.17, 15) is 0 Å². The maximum Gasteiger partial charge on any atom is 0.129 e. The van der Waals surface area contributed by atoms with Gasteiger partial charge in [0.05, 0.1) is 12.8 Å². The third kappa shape index (κ3) is 4.67. The average molecular weight is 404 g/mol. The van der Waals surface area contributed by atoms with Crippen LogP contribution in [0.1, 0.15) is 61.4 Å². The minimum atomic E-state index is 0.404. The fourth-order valence-electron chi connectivity index (χ4n) is 3.87. The molecule has 3 nitrogen and oxygen atoms in total. The molecule has 30 heavy (non-hydrogen) atoms. The fourth-order valence-corrected chi connectivity index (χ4v) is 3.87. The number of aryl methyl sites for hydroxylation is 3. The Bertz CT molecular complexity index is 985. The van der Waals surface area contributed by atoms with Crippen molar-refractivity contribution in [2.75, 3.05) is 7.11 Å². The summed E-state index contributed by atoms with van der Waals surface area (Å²) in [5, 5.41) is 0. The van der Waals surface area contributed by atoms with Gasteiger partial charge in [0.15, 0.2) is 0 Å². The molecule has 0 spiro atoms. The summed E-state index contributed by atoms with van der Waals surface area (Å²) >= 11 is 0. The Hall–Kier alpha value is -2.81. The smallest absolute Gasteiger partial charge is 0.129 e. The molecule has 158 valence electrons. The summed E-state index contributed by atoms with van der Waals surface area (Å²) in [4.78, 5) is 4.80. The van der Waals surface area contributed by atoms with Crippen LogP contribution in [0.5, 0.6) is 11.5 Å². The van der Waals surface area contributed by atoms with Gasteiger partial charge in [0, 0.05) is 23.4 Å². The molecule has 0 fully saturated rings. The molecule has 0 amide bonds. The van der Waals surface area contributed by atoms with E-state index in [1.165, 1.54) is 27.8 Å². The number of hydrogen-bond donors (Lipinski definition) is 0. The molecule has 1 aromatic heterocycles. The first-order valence-corrected chi connectivity index (χ1v) is 10.9. The highest BCUT2D eigenvalue weighted by Gasteiger charge is 2.15. The Kier molecular flexibility index (Phi) is 7.15. The second-order valence-corrected chi connectivity index (χ2v) is 8.02. The highest BCUT2D eigenvalue weighted by Crippen LogP contribution is 2.33. The zero-order valence-corrected chi connectivity index (χ0v) is 19.1. The van der Waals surface area contributed by atoms with Crippen LogP contribution < -0.4 is 9.47 Å². The average Bonchev–Trinajstić information content (AvgIpc) is 2.76. The van der Waals surface area contributed by atoms with E-state index in [0.717, 1.165) is 35.6 Å². The van der Waals surface area contributed by atoms with Gasteiger partial charge in [-0.05, 0) is 54.0 Å². The van der Waals surface area contributed by atoms with E-state index >= 15 is 0 Å². The van der Waals surface area contributed by atoms with Gasteiger partial charge >= 0.3 is 0 Å². The van der Waals surface area contributed by atoms with Crippen molar-refractivity contribution < 1.29 is 9.47 Å². The van der Waals surface area contributed by atoms with Gasteiger partial charge in [-0.3, -0.25) is 4.98 Å².